The van der Waals surface area contributed by atoms with E-state index >= 15 is 0 Å². The molecule has 0 fully saturated rings. The van der Waals surface area contributed by atoms with Crippen LogP contribution in [0.1, 0.15) is 36.3 Å². The third kappa shape index (κ3) is 3.43. The van der Waals surface area contributed by atoms with Gasteiger partial charge in [0, 0.05) is 17.9 Å². The van der Waals surface area contributed by atoms with Crippen molar-refractivity contribution in [2.75, 3.05) is 6.61 Å². The minimum absolute atomic E-state index is 0.0466. The molecule has 2 aliphatic rings. The smallest absolute Gasteiger partial charge is 0.197 e. The van der Waals surface area contributed by atoms with Crippen molar-refractivity contribution in [2.24, 2.45) is 5.73 Å². The van der Waals surface area contributed by atoms with Gasteiger partial charge in [-0.2, -0.15) is 0 Å². The summed E-state index contributed by atoms with van der Waals surface area (Å²) in [6.45, 7) is 2.42. The molecule has 5 rings (SSSR count). The van der Waals surface area contributed by atoms with Crippen LogP contribution >= 0.6 is 11.3 Å². The van der Waals surface area contributed by atoms with Gasteiger partial charge in [-0.05, 0) is 31.0 Å². The zero-order valence-corrected chi connectivity index (χ0v) is 17.9. The molecule has 2 aromatic carbocycles. The fraction of sp³-hybridized carbons (Fsp3) is 0.200. The number of para-hydroxylation sites is 1. The Kier molecular flexibility index (Phi) is 5.08. The summed E-state index contributed by atoms with van der Waals surface area (Å²) >= 11 is 1.56. The summed E-state index contributed by atoms with van der Waals surface area (Å²) in [5.41, 5.74) is 10.4. The summed E-state index contributed by atoms with van der Waals surface area (Å²) < 4.78 is 12.6. The molecule has 1 aliphatic carbocycles. The summed E-state index contributed by atoms with van der Waals surface area (Å²) in [6.07, 6.45) is 2.77. The lowest BCUT2D eigenvalue weighted by molar-refractivity contribution is -0.113. The molecule has 2 N–H and O–H groups in total. The van der Waals surface area contributed by atoms with Gasteiger partial charge < -0.3 is 15.2 Å². The van der Waals surface area contributed by atoms with Crippen LogP contribution < -0.4 is 5.73 Å². The Morgan fingerprint density at radius 3 is 2.68 bits per heavy atom. The predicted molar refractivity (Wildman–Crippen MR) is 122 cm³/mol. The number of aromatic nitrogens is 1. The number of hydrogen-bond acceptors (Lipinski definition) is 6. The number of fused-ring (bicyclic) bond motifs is 1. The molecule has 1 aliphatic heterocycles. The van der Waals surface area contributed by atoms with Crippen LogP contribution in [0, 0.1) is 0 Å². The highest BCUT2D eigenvalue weighted by atomic mass is 32.1. The highest BCUT2D eigenvalue weighted by Crippen LogP contribution is 2.49. The Morgan fingerprint density at radius 1 is 1.13 bits per heavy atom. The zero-order valence-electron chi connectivity index (χ0n) is 17.1. The molecule has 156 valence electrons. The van der Waals surface area contributed by atoms with Crippen molar-refractivity contribution in [1.29, 1.82) is 0 Å². The van der Waals surface area contributed by atoms with E-state index in [1.807, 2.05) is 61.5 Å². The number of carbonyl (C=O) groups excluding carboxylic acids is 1. The van der Waals surface area contributed by atoms with Gasteiger partial charge in [-0.15, -0.1) is 11.3 Å². The molecule has 0 amide bonds. The van der Waals surface area contributed by atoms with Crippen molar-refractivity contribution in [3.8, 4) is 0 Å². The molecular weight excluding hydrogens is 408 g/mol. The lowest BCUT2D eigenvalue weighted by Gasteiger charge is -2.33. The molecular formula is C25H22N2O3S. The summed E-state index contributed by atoms with van der Waals surface area (Å²) in [6, 6.07) is 17.9. The normalized spacial score (nSPS) is 20.2. The molecule has 0 saturated heterocycles. The molecule has 31 heavy (non-hydrogen) atoms. The maximum absolute atomic E-state index is 13.5. The van der Waals surface area contributed by atoms with Gasteiger partial charge in [-0.25, -0.2) is 4.98 Å². The summed E-state index contributed by atoms with van der Waals surface area (Å²) in [5, 5.41) is 0.771. The highest BCUT2D eigenvalue weighted by molar-refractivity contribution is 7.19. The summed E-state index contributed by atoms with van der Waals surface area (Å²) in [5.74, 6) is 0.574. The number of allylic oxidation sites excluding steroid dienone is 4. The number of Topliss-reactive ketones (excluding diaryl/α,β-unsaturated/α-hetero) is 1. The van der Waals surface area contributed by atoms with Gasteiger partial charge in [-0.3, -0.25) is 4.79 Å². The van der Waals surface area contributed by atoms with Crippen LogP contribution in [-0.2, 0) is 14.3 Å². The molecule has 1 atom stereocenters. The number of ketones is 1. The van der Waals surface area contributed by atoms with E-state index in [1.165, 1.54) is 0 Å². The quantitative estimate of drug-likeness (QED) is 0.451. The summed E-state index contributed by atoms with van der Waals surface area (Å²) in [7, 11) is 0. The molecule has 2 heterocycles. The van der Waals surface area contributed by atoms with Gasteiger partial charge in [0.2, 0.25) is 0 Å². The van der Waals surface area contributed by atoms with E-state index in [9.17, 15) is 4.79 Å². The number of nitrogens with two attached hydrogens (primary N) is 1. The Morgan fingerprint density at radius 2 is 1.90 bits per heavy atom. The number of carbonyl (C=O) groups is 1. The Balaban J connectivity index is 1.68. The van der Waals surface area contributed by atoms with Gasteiger partial charge in [-0.1, -0.05) is 42.5 Å². The molecule has 3 aromatic rings. The van der Waals surface area contributed by atoms with E-state index in [4.69, 9.17) is 20.2 Å². The highest BCUT2D eigenvalue weighted by Gasteiger charge is 2.41. The minimum atomic E-state index is -0.344. The second kappa shape index (κ2) is 8.04. The maximum Gasteiger partial charge on any atom is 0.197 e. The second-order valence-corrected chi connectivity index (χ2v) is 8.51. The predicted octanol–water partition coefficient (Wildman–Crippen LogP) is 5.28. The fourth-order valence-corrected chi connectivity index (χ4v) is 5.21. The molecule has 0 radical (unpaired) electrons. The van der Waals surface area contributed by atoms with Crippen LogP contribution in [0.2, 0.25) is 0 Å². The van der Waals surface area contributed by atoms with Crippen LogP contribution in [0.5, 0.6) is 0 Å². The van der Waals surface area contributed by atoms with E-state index in [2.05, 4.69) is 0 Å². The maximum atomic E-state index is 13.5. The van der Waals surface area contributed by atoms with Crippen molar-refractivity contribution < 1.29 is 14.3 Å². The van der Waals surface area contributed by atoms with Crippen LogP contribution in [0.25, 0.3) is 15.8 Å². The van der Waals surface area contributed by atoms with Gasteiger partial charge in [0.15, 0.2) is 11.7 Å². The molecule has 0 spiro atoms. The van der Waals surface area contributed by atoms with Gasteiger partial charge in [0.25, 0.3) is 0 Å². The minimum Gasteiger partial charge on any atom is -0.501 e. The molecule has 1 aromatic heterocycles. The van der Waals surface area contributed by atoms with Crippen molar-refractivity contribution in [1.82, 2.24) is 4.98 Å². The monoisotopic (exact) mass is 430 g/mol. The number of nitrogens with zero attached hydrogens (tertiary/aromatic N) is 1. The van der Waals surface area contributed by atoms with Crippen molar-refractivity contribution >= 4 is 32.9 Å². The second-order valence-electron chi connectivity index (χ2n) is 7.47. The zero-order chi connectivity index (χ0) is 21.4. The van der Waals surface area contributed by atoms with E-state index in [0.29, 0.717) is 42.2 Å². The van der Waals surface area contributed by atoms with Gasteiger partial charge in [0.05, 0.1) is 34.2 Å². The van der Waals surface area contributed by atoms with Crippen LogP contribution in [-0.4, -0.2) is 17.4 Å². The first-order valence-corrected chi connectivity index (χ1v) is 11.2. The molecule has 1 unspecified atom stereocenters. The third-order valence-electron chi connectivity index (χ3n) is 5.58. The van der Waals surface area contributed by atoms with E-state index < -0.39 is 0 Å². The number of rotatable bonds is 4. The Hall–Kier alpha value is -3.38. The third-order valence-corrected chi connectivity index (χ3v) is 6.65. The lowest BCUT2D eigenvalue weighted by Crippen LogP contribution is -2.28. The van der Waals surface area contributed by atoms with Crippen LogP contribution in [0.15, 0.2) is 83.6 Å². The molecule has 0 saturated carbocycles. The van der Waals surface area contributed by atoms with Crippen molar-refractivity contribution in [3.05, 3.63) is 94.2 Å². The average Bonchev–Trinajstić information content (AvgIpc) is 3.22. The molecule has 6 heteroatoms. The molecule has 0 bridgehead atoms. The number of thiazole rings is 1. The number of ether oxygens (including phenoxy) is 2. The van der Waals surface area contributed by atoms with Crippen molar-refractivity contribution in [3.63, 3.8) is 0 Å². The number of hydrogen-bond donors (Lipinski definition) is 1. The van der Waals surface area contributed by atoms with Crippen LogP contribution in [0.4, 0.5) is 0 Å². The number of benzene rings is 2. The van der Waals surface area contributed by atoms with E-state index in [1.54, 1.807) is 17.6 Å². The van der Waals surface area contributed by atoms with Gasteiger partial charge in [0.1, 0.15) is 10.8 Å². The SMILES string of the molecule is CCOC=C1CCC2=C(C1=O)C(c1ccccc1)C(c1nc3ccccc3s1)=C(N)O2. The van der Waals surface area contributed by atoms with E-state index in [-0.39, 0.29) is 11.7 Å². The average molecular weight is 431 g/mol. The fourth-order valence-electron chi connectivity index (χ4n) is 4.16. The first-order chi connectivity index (χ1) is 15.2. The standard InChI is InChI=1S/C25H22N2O3S/c1-2-29-14-16-12-13-18-21(23(16)28)20(15-8-4-3-5-9-15)22(24(26)30-18)25-27-17-10-6-7-11-19(17)31-25/h3-11,14,20H,2,12-13,26H2,1H3. The summed E-state index contributed by atoms with van der Waals surface area (Å²) in [4.78, 5) is 18.4. The lowest BCUT2D eigenvalue weighted by atomic mass is 9.76. The van der Waals surface area contributed by atoms with Crippen molar-refractivity contribution in [2.45, 2.75) is 25.7 Å². The largest absolute Gasteiger partial charge is 0.501 e. The first kappa shape index (κ1) is 19.6. The first-order valence-electron chi connectivity index (χ1n) is 10.3. The Labute approximate surface area is 184 Å². The van der Waals surface area contributed by atoms with Crippen LogP contribution in [0.3, 0.4) is 0 Å². The topological polar surface area (TPSA) is 74.4 Å². The molecule has 5 nitrogen and oxygen atoms in total. The van der Waals surface area contributed by atoms with Gasteiger partial charge >= 0.3 is 0 Å². The van der Waals surface area contributed by atoms with E-state index in [0.717, 1.165) is 26.4 Å². The Bertz CT molecular complexity index is 1220.